The predicted molar refractivity (Wildman–Crippen MR) is 212 cm³/mol. The van der Waals surface area contributed by atoms with Crippen molar-refractivity contribution in [1.29, 1.82) is 0 Å². The molecule has 0 radical (unpaired) electrons. The number of para-hydroxylation sites is 1. The Morgan fingerprint density at radius 2 is 1.67 bits per heavy atom. The van der Waals surface area contributed by atoms with Gasteiger partial charge in [0, 0.05) is 32.7 Å². The second-order valence-electron chi connectivity index (χ2n) is 13.0. The van der Waals surface area contributed by atoms with Crippen LogP contribution in [0, 0.1) is 0 Å². The molecule has 1 amide bonds. The molecule has 5 aromatic rings. The number of amides is 1. The zero-order valence-electron chi connectivity index (χ0n) is 30.0. The number of halogens is 2. The number of nitrogens with one attached hydrogen (secondary N) is 1. The minimum Gasteiger partial charge on any atom is -0.494 e. The van der Waals surface area contributed by atoms with Crippen LogP contribution in [0.3, 0.4) is 0 Å². The van der Waals surface area contributed by atoms with Gasteiger partial charge in [0.1, 0.15) is 11.6 Å². The number of hydrogen-bond donors (Lipinski definition) is 1. The molecule has 4 aromatic carbocycles. The van der Waals surface area contributed by atoms with Crippen molar-refractivity contribution in [3.05, 3.63) is 134 Å². The number of benzene rings is 4. The molecule has 1 aliphatic heterocycles. The minimum atomic E-state index is -3.77. The fourth-order valence-corrected chi connectivity index (χ4v) is 8.04. The molecule has 1 aromatic heterocycles. The van der Waals surface area contributed by atoms with Crippen molar-refractivity contribution >= 4 is 50.0 Å². The van der Waals surface area contributed by atoms with Gasteiger partial charge in [-0.25, -0.2) is 18.1 Å². The van der Waals surface area contributed by atoms with Gasteiger partial charge in [-0.15, -0.1) is 0 Å². The van der Waals surface area contributed by atoms with Gasteiger partial charge in [0.05, 0.1) is 64.7 Å². The van der Waals surface area contributed by atoms with Crippen LogP contribution in [-0.4, -0.2) is 86.2 Å². The van der Waals surface area contributed by atoms with Gasteiger partial charge in [0.25, 0.3) is 5.56 Å². The highest BCUT2D eigenvalue weighted by molar-refractivity contribution is 7.88. The fraction of sp³-hybridized carbons (Fsp3) is 0.325. The first-order chi connectivity index (χ1) is 26.1. The van der Waals surface area contributed by atoms with Crippen molar-refractivity contribution in [2.24, 2.45) is 0 Å². The van der Waals surface area contributed by atoms with Gasteiger partial charge in [-0.1, -0.05) is 71.7 Å². The third kappa shape index (κ3) is 10.1. The lowest BCUT2D eigenvalue weighted by Crippen LogP contribution is -2.46. The summed E-state index contributed by atoms with van der Waals surface area (Å²) in [5.41, 5.74) is 1.96. The van der Waals surface area contributed by atoms with Gasteiger partial charge in [-0.05, 0) is 73.0 Å². The molecule has 1 N–H and O–H groups in total. The molecule has 1 aliphatic rings. The van der Waals surface area contributed by atoms with Crippen LogP contribution < -0.4 is 15.0 Å². The zero-order valence-corrected chi connectivity index (χ0v) is 32.3. The summed E-state index contributed by atoms with van der Waals surface area (Å²) >= 11 is 12.6. The van der Waals surface area contributed by atoms with Gasteiger partial charge >= 0.3 is 0 Å². The Kier molecular flexibility index (Phi) is 13.4. The Balaban J connectivity index is 1.45. The lowest BCUT2D eigenvalue weighted by molar-refractivity contribution is -0.133. The number of fused-ring (bicyclic) bond motifs is 1. The molecule has 1 fully saturated rings. The Labute approximate surface area is 325 Å². The zero-order chi connectivity index (χ0) is 38.1. The molecule has 11 nitrogen and oxygen atoms in total. The molecular formula is C40H43Cl2N5O6S. The van der Waals surface area contributed by atoms with Crippen molar-refractivity contribution in [1.82, 2.24) is 24.1 Å². The van der Waals surface area contributed by atoms with Crippen LogP contribution in [0.25, 0.3) is 16.6 Å². The molecule has 6 rings (SSSR count). The van der Waals surface area contributed by atoms with Crippen molar-refractivity contribution < 1.29 is 22.7 Å². The second kappa shape index (κ2) is 18.4. The van der Waals surface area contributed by atoms with Crippen LogP contribution in [0.2, 0.25) is 10.0 Å². The van der Waals surface area contributed by atoms with Crippen LogP contribution in [0.4, 0.5) is 0 Å². The highest BCUT2D eigenvalue weighted by atomic mass is 35.5. The van der Waals surface area contributed by atoms with Gasteiger partial charge in [0.2, 0.25) is 15.9 Å². The van der Waals surface area contributed by atoms with E-state index in [1.165, 1.54) is 4.57 Å². The Hall–Kier alpha value is -4.30. The Morgan fingerprint density at radius 1 is 0.944 bits per heavy atom. The number of sulfonamides is 1. The summed E-state index contributed by atoms with van der Waals surface area (Å²) in [6.07, 6.45) is 0.100. The molecule has 0 spiro atoms. The van der Waals surface area contributed by atoms with Crippen LogP contribution in [0.15, 0.2) is 102 Å². The number of carbonyl (C=O) groups is 1. The lowest BCUT2D eigenvalue weighted by atomic mass is 10.1. The topological polar surface area (TPSA) is 123 Å². The van der Waals surface area contributed by atoms with Gasteiger partial charge < -0.3 is 14.4 Å². The number of ether oxygens (including phenoxy) is 2. The van der Waals surface area contributed by atoms with Gasteiger partial charge in [-0.2, -0.15) is 0 Å². The molecule has 54 heavy (non-hydrogen) atoms. The molecule has 0 aliphatic carbocycles. The minimum absolute atomic E-state index is 0.0168. The number of morpholine rings is 1. The summed E-state index contributed by atoms with van der Waals surface area (Å²) < 4.78 is 42.2. The van der Waals surface area contributed by atoms with Crippen molar-refractivity contribution in [2.75, 3.05) is 52.5 Å². The normalized spacial score (nSPS) is 14.2. The number of aromatic nitrogens is 2. The quantitative estimate of drug-likeness (QED) is 0.128. The summed E-state index contributed by atoms with van der Waals surface area (Å²) in [7, 11) is -3.77. The molecule has 14 heteroatoms. The summed E-state index contributed by atoms with van der Waals surface area (Å²) in [5, 5.41) is 1.10. The average molecular weight is 793 g/mol. The van der Waals surface area contributed by atoms with E-state index >= 15 is 0 Å². The van der Waals surface area contributed by atoms with E-state index in [0.29, 0.717) is 88.8 Å². The van der Waals surface area contributed by atoms with Crippen molar-refractivity contribution in [3.63, 3.8) is 0 Å². The summed E-state index contributed by atoms with van der Waals surface area (Å²) in [5.74, 6) is 0.479. The van der Waals surface area contributed by atoms with Crippen molar-refractivity contribution in [3.8, 4) is 11.4 Å². The number of carbonyl (C=O) groups excluding carboxylic acids is 1. The van der Waals surface area contributed by atoms with Crippen LogP contribution in [0.5, 0.6) is 5.75 Å². The Bertz CT molecular complexity index is 2210. The van der Waals surface area contributed by atoms with E-state index < -0.39 is 16.1 Å². The highest BCUT2D eigenvalue weighted by Gasteiger charge is 2.31. The van der Waals surface area contributed by atoms with Crippen LogP contribution in [0.1, 0.15) is 36.3 Å². The number of nitrogens with zero attached hydrogens (tertiary/aromatic N) is 4. The largest absolute Gasteiger partial charge is 0.494 e. The first-order valence-corrected chi connectivity index (χ1v) is 20.3. The third-order valence-corrected chi connectivity index (χ3v) is 11.3. The Morgan fingerprint density at radius 3 is 2.39 bits per heavy atom. The fourth-order valence-electron chi connectivity index (χ4n) is 6.56. The van der Waals surface area contributed by atoms with E-state index in [0.717, 1.165) is 0 Å². The van der Waals surface area contributed by atoms with E-state index in [1.54, 1.807) is 95.9 Å². The maximum absolute atomic E-state index is 14.6. The smallest absolute Gasteiger partial charge is 0.266 e. The number of hydrogen-bond acceptors (Lipinski definition) is 8. The molecular weight excluding hydrogens is 749 g/mol. The predicted octanol–water partition coefficient (Wildman–Crippen LogP) is 6.05. The first kappa shape index (κ1) is 39.4. The maximum atomic E-state index is 14.6. The highest BCUT2D eigenvalue weighted by Crippen LogP contribution is 2.29. The standard InChI is InChI=1S/C40H43Cl2N5O6S/c1-2-53-32-15-13-31(14-16-32)47-39(44-36-11-7-6-10-33(36)40(47)49)37(18-19-43-54(50,51)28-29-8-4-3-5-9-29)46(21-20-45-22-24-52-25-23-45)38(48)27-30-12-17-34(41)35(42)26-30/h3-17,26,37,43H,2,18-25,27-28H2,1H3. The molecule has 1 unspecified atom stereocenters. The summed E-state index contributed by atoms with van der Waals surface area (Å²) in [6.45, 7) is 5.68. The first-order valence-electron chi connectivity index (χ1n) is 17.9. The maximum Gasteiger partial charge on any atom is 0.266 e. The van der Waals surface area contributed by atoms with Gasteiger partial charge in [-0.3, -0.25) is 19.1 Å². The van der Waals surface area contributed by atoms with Crippen molar-refractivity contribution in [2.45, 2.75) is 31.6 Å². The molecule has 1 saturated heterocycles. The van der Waals surface area contributed by atoms with E-state index in [1.807, 2.05) is 13.0 Å². The van der Waals surface area contributed by atoms with Gasteiger partial charge in [0.15, 0.2) is 0 Å². The molecule has 284 valence electrons. The summed E-state index contributed by atoms with van der Waals surface area (Å²) in [4.78, 5) is 38.1. The van der Waals surface area contributed by atoms with E-state index in [4.69, 9.17) is 37.7 Å². The van der Waals surface area contributed by atoms with E-state index in [9.17, 15) is 18.0 Å². The van der Waals surface area contributed by atoms with E-state index in [2.05, 4.69) is 9.62 Å². The van der Waals surface area contributed by atoms with Crippen LogP contribution >= 0.6 is 23.2 Å². The summed E-state index contributed by atoms with van der Waals surface area (Å²) in [6, 6.07) is 27.3. The monoisotopic (exact) mass is 791 g/mol. The average Bonchev–Trinajstić information content (AvgIpc) is 3.17. The third-order valence-electron chi connectivity index (χ3n) is 9.24. The second-order valence-corrected chi connectivity index (χ2v) is 15.6. The van der Waals surface area contributed by atoms with E-state index in [-0.39, 0.29) is 43.2 Å². The molecule has 0 saturated carbocycles. The number of rotatable bonds is 16. The molecule has 2 heterocycles. The van der Waals surface area contributed by atoms with Crippen LogP contribution in [-0.2, 0) is 31.7 Å². The molecule has 1 atom stereocenters. The lowest BCUT2D eigenvalue weighted by Gasteiger charge is -2.35. The SMILES string of the molecule is CCOc1ccc(-n2c(C(CCNS(=O)(=O)Cc3ccccc3)N(CCN3CCOCC3)C(=O)Cc3ccc(Cl)c(Cl)c3)nc3ccccc3c2=O)cc1. The molecule has 0 bridgehead atoms.